The first kappa shape index (κ1) is 17.0. The van der Waals surface area contributed by atoms with Gasteiger partial charge in [-0.15, -0.1) is 0 Å². The highest BCUT2D eigenvalue weighted by atomic mass is 35.5. The first-order valence-electron chi connectivity index (χ1n) is 9.04. The van der Waals surface area contributed by atoms with E-state index in [0.29, 0.717) is 29.4 Å². The van der Waals surface area contributed by atoms with Crippen LogP contribution >= 0.6 is 11.6 Å². The molecule has 6 heteroatoms. The van der Waals surface area contributed by atoms with Crippen LogP contribution in [0.2, 0.25) is 5.02 Å². The van der Waals surface area contributed by atoms with Gasteiger partial charge in [-0.3, -0.25) is 14.6 Å². The summed E-state index contributed by atoms with van der Waals surface area (Å²) in [4.78, 5) is 34.4. The van der Waals surface area contributed by atoms with Gasteiger partial charge in [0.15, 0.2) is 5.66 Å². The maximum atomic E-state index is 13.5. The van der Waals surface area contributed by atoms with E-state index in [1.54, 1.807) is 46.3 Å². The molecule has 5 nitrogen and oxygen atoms in total. The molecule has 0 spiro atoms. The number of rotatable bonds is 2. The van der Waals surface area contributed by atoms with Crippen LogP contribution < -0.4 is 0 Å². The Hall–Kier alpha value is -3.18. The van der Waals surface area contributed by atoms with E-state index in [2.05, 4.69) is 4.98 Å². The standard InChI is InChI=1S/C22H16ClN3O2/c23-16-10-8-15(9-11-16)22-18-6-2-1-5-17(18)20(27)25(22)13-14-26(22)21(28)19-7-3-4-12-24-19/h1-12H,13-14H2. The minimum absolute atomic E-state index is 0.0677. The number of amides is 2. The lowest BCUT2D eigenvalue weighted by atomic mass is 9.89. The van der Waals surface area contributed by atoms with E-state index in [-0.39, 0.29) is 11.8 Å². The molecule has 0 bridgehead atoms. The van der Waals surface area contributed by atoms with Crippen molar-refractivity contribution in [2.24, 2.45) is 0 Å². The Balaban J connectivity index is 1.76. The molecule has 1 unspecified atom stereocenters. The van der Waals surface area contributed by atoms with Crippen LogP contribution in [0, 0.1) is 0 Å². The number of benzene rings is 2. The summed E-state index contributed by atoms with van der Waals surface area (Å²) in [7, 11) is 0. The average Bonchev–Trinajstić information content (AvgIpc) is 3.25. The Labute approximate surface area is 167 Å². The largest absolute Gasteiger partial charge is 0.306 e. The second-order valence-corrected chi connectivity index (χ2v) is 7.29. The Morgan fingerprint density at radius 2 is 1.71 bits per heavy atom. The van der Waals surface area contributed by atoms with Gasteiger partial charge in [-0.1, -0.05) is 48.0 Å². The highest BCUT2D eigenvalue weighted by Crippen LogP contribution is 2.50. The molecule has 1 aromatic heterocycles. The van der Waals surface area contributed by atoms with Crippen LogP contribution in [-0.2, 0) is 5.66 Å². The smallest absolute Gasteiger partial charge is 0.274 e. The van der Waals surface area contributed by atoms with Crippen LogP contribution in [0.15, 0.2) is 72.9 Å². The quantitative estimate of drug-likeness (QED) is 0.673. The number of hydrogen-bond acceptors (Lipinski definition) is 3. The third kappa shape index (κ3) is 2.17. The minimum Gasteiger partial charge on any atom is -0.306 e. The van der Waals surface area contributed by atoms with Crippen LogP contribution in [0.25, 0.3) is 0 Å². The SMILES string of the molecule is O=C(c1ccccn1)N1CCN2C(=O)c3ccccc3C12c1ccc(Cl)cc1. The van der Waals surface area contributed by atoms with E-state index in [9.17, 15) is 9.59 Å². The van der Waals surface area contributed by atoms with Gasteiger partial charge < -0.3 is 9.80 Å². The van der Waals surface area contributed by atoms with Gasteiger partial charge in [0.1, 0.15) is 5.69 Å². The number of carbonyl (C=O) groups excluding carboxylic acids is 2. The summed E-state index contributed by atoms with van der Waals surface area (Å²) in [6, 6.07) is 20.1. The fraction of sp³-hybridized carbons (Fsp3) is 0.136. The summed E-state index contributed by atoms with van der Waals surface area (Å²) in [6.07, 6.45) is 1.60. The molecule has 28 heavy (non-hydrogen) atoms. The van der Waals surface area contributed by atoms with Crippen molar-refractivity contribution in [1.82, 2.24) is 14.8 Å². The van der Waals surface area contributed by atoms with Gasteiger partial charge in [-0.2, -0.15) is 0 Å². The molecule has 0 saturated carbocycles. The van der Waals surface area contributed by atoms with Crippen molar-refractivity contribution in [1.29, 1.82) is 0 Å². The highest BCUT2D eigenvalue weighted by molar-refractivity contribution is 6.30. The number of carbonyl (C=O) groups is 2. The van der Waals surface area contributed by atoms with Crippen LogP contribution in [0.5, 0.6) is 0 Å². The van der Waals surface area contributed by atoms with Crippen molar-refractivity contribution in [3.05, 3.63) is 100 Å². The number of nitrogens with zero attached hydrogens (tertiary/aromatic N) is 3. The van der Waals surface area contributed by atoms with Gasteiger partial charge in [0, 0.05) is 41.0 Å². The summed E-state index contributed by atoms with van der Waals surface area (Å²) < 4.78 is 0. The summed E-state index contributed by atoms with van der Waals surface area (Å²) in [5.74, 6) is -0.274. The lowest BCUT2D eigenvalue weighted by Gasteiger charge is -2.40. The third-order valence-electron chi connectivity index (χ3n) is 5.48. The maximum Gasteiger partial charge on any atom is 0.274 e. The zero-order chi connectivity index (χ0) is 19.3. The van der Waals surface area contributed by atoms with E-state index in [4.69, 9.17) is 11.6 Å². The molecule has 1 atom stereocenters. The van der Waals surface area contributed by atoms with Crippen molar-refractivity contribution in [2.75, 3.05) is 13.1 Å². The van der Waals surface area contributed by atoms with Crippen LogP contribution in [0.4, 0.5) is 0 Å². The normalized spacial score (nSPS) is 20.2. The first-order valence-corrected chi connectivity index (χ1v) is 9.42. The summed E-state index contributed by atoms with van der Waals surface area (Å²) in [5.41, 5.74) is 1.62. The van der Waals surface area contributed by atoms with Crippen molar-refractivity contribution in [3.8, 4) is 0 Å². The molecule has 3 heterocycles. The molecule has 2 amide bonds. The number of halogens is 1. The van der Waals surface area contributed by atoms with Crippen molar-refractivity contribution < 1.29 is 9.59 Å². The Bertz CT molecular complexity index is 1080. The van der Waals surface area contributed by atoms with Crippen LogP contribution in [0.3, 0.4) is 0 Å². The molecule has 3 aromatic rings. The molecule has 138 valence electrons. The van der Waals surface area contributed by atoms with Gasteiger partial charge in [-0.05, 0) is 30.3 Å². The Morgan fingerprint density at radius 3 is 2.46 bits per heavy atom. The van der Waals surface area contributed by atoms with E-state index in [1.165, 1.54) is 0 Å². The van der Waals surface area contributed by atoms with Gasteiger partial charge in [-0.25, -0.2) is 0 Å². The van der Waals surface area contributed by atoms with Crippen molar-refractivity contribution >= 4 is 23.4 Å². The van der Waals surface area contributed by atoms with Gasteiger partial charge >= 0.3 is 0 Å². The average molecular weight is 390 g/mol. The molecule has 2 aromatic carbocycles. The maximum absolute atomic E-state index is 13.5. The van der Waals surface area contributed by atoms with Crippen LogP contribution in [0.1, 0.15) is 32.0 Å². The second-order valence-electron chi connectivity index (χ2n) is 6.85. The first-order chi connectivity index (χ1) is 13.6. The lowest BCUT2D eigenvalue weighted by molar-refractivity contribution is 0.0371. The number of pyridine rings is 1. The monoisotopic (exact) mass is 389 g/mol. The molecular formula is C22H16ClN3O2. The van der Waals surface area contributed by atoms with Crippen molar-refractivity contribution in [3.63, 3.8) is 0 Å². The molecule has 0 N–H and O–H groups in total. The molecule has 2 aliphatic heterocycles. The molecule has 5 rings (SSSR count). The lowest BCUT2D eigenvalue weighted by Crippen LogP contribution is -2.51. The molecule has 0 aliphatic carbocycles. The number of hydrogen-bond donors (Lipinski definition) is 0. The second kappa shape index (κ2) is 6.17. The molecule has 1 saturated heterocycles. The number of fused-ring (bicyclic) bond motifs is 3. The number of aromatic nitrogens is 1. The molecule has 0 radical (unpaired) electrons. The van der Waals surface area contributed by atoms with Crippen molar-refractivity contribution in [2.45, 2.75) is 5.66 Å². The topological polar surface area (TPSA) is 53.5 Å². The van der Waals surface area contributed by atoms with E-state index < -0.39 is 5.66 Å². The predicted octanol–water partition coefficient (Wildman–Crippen LogP) is 3.55. The fourth-order valence-electron chi connectivity index (χ4n) is 4.35. The van der Waals surface area contributed by atoms with Crippen LogP contribution in [-0.4, -0.2) is 39.7 Å². The van der Waals surface area contributed by atoms with Gasteiger partial charge in [0.2, 0.25) is 0 Å². The molecule has 2 aliphatic rings. The zero-order valence-electron chi connectivity index (χ0n) is 14.9. The summed E-state index contributed by atoms with van der Waals surface area (Å²) >= 11 is 6.11. The van der Waals surface area contributed by atoms with E-state index in [0.717, 1.165) is 11.1 Å². The minimum atomic E-state index is -0.993. The van der Waals surface area contributed by atoms with Gasteiger partial charge in [0.05, 0.1) is 0 Å². The summed E-state index contributed by atoms with van der Waals surface area (Å²) in [5, 5.41) is 0.602. The fourth-order valence-corrected chi connectivity index (χ4v) is 4.48. The van der Waals surface area contributed by atoms with Gasteiger partial charge in [0.25, 0.3) is 11.8 Å². The zero-order valence-corrected chi connectivity index (χ0v) is 15.6. The summed E-state index contributed by atoms with van der Waals surface area (Å²) in [6.45, 7) is 0.882. The Kier molecular flexibility index (Phi) is 3.74. The highest BCUT2D eigenvalue weighted by Gasteiger charge is 2.59. The van der Waals surface area contributed by atoms with E-state index in [1.807, 2.05) is 36.4 Å². The molecular weight excluding hydrogens is 374 g/mol. The predicted molar refractivity (Wildman–Crippen MR) is 105 cm³/mol. The molecule has 1 fully saturated rings. The Morgan fingerprint density at radius 1 is 0.964 bits per heavy atom. The van der Waals surface area contributed by atoms with E-state index >= 15 is 0 Å². The third-order valence-corrected chi connectivity index (χ3v) is 5.73.